The van der Waals surface area contributed by atoms with Crippen molar-refractivity contribution >= 4 is 17.8 Å². The van der Waals surface area contributed by atoms with Crippen LogP contribution in [0.25, 0.3) is 0 Å². The molecule has 1 aliphatic heterocycles. The second-order valence-corrected chi connectivity index (χ2v) is 4.68. The van der Waals surface area contributed by atoms with Crippen molar-refractivity contribution in [3.63, 3.8) is 0 Å². The maximum absolute atomic E-state index is 12.0. The van der Waals surface area contributed by atoms with E-state index in [4.69, 9.17) is 5.11 Å². The Bertz CT molecular complexity index is 492. The monoisotopic (exact) mass is 264 g/mol. The summed E-state index contributed by atoms with van der Waals surface area (Å²) in [6, 6.07) is -0.324. The van der Waals surface area contributed by atoms with Gasteiger partial charge < -0.3 is 10.0 Å². The molecule has 1 atom stereocenters. The van der Waals surface area contributed by atoms with E-state index >= 15 is 0 Å². The van der Waals surface area contributed by atoms with Crippen molar-refractivity contribution in [2.24, 2.45) is 5.92 Å². The normalized spacial score (nSPS) is 19.0. The van der Waals surface area contributed by atoms with E-state index in [2.05, 4.69) is 22.2 Å². The largest absolute Gasteiger partial charge is 0.476 e. The number of hydrogen-bond donors (Lipinski definition) is 2. The lowest BCUT2D eigenvalue weighted by atomic mass is 10.0. The van der Waals surface area contributed by atoms with E-state index in [-0.39, 0.29) is 17.5 Å². The number of aromatic carboxylic acids is 1. The van der Waals surface area contributed by atoms with Crippen molar-refractivity contribution in [2.45, 2.75) is 19.8 Å². The molecule has 7 nitrogen and oxygen atoms in total. The Hall–Kier alpha value is -2.18. The first-order chi connectivity index (χ1) is 9.08. The number of carbonyl (C=O) groups excluding carboxylic acids is 1. The van der Waals surface area contributed by atoms with Crippen LogP contribution in [0.4, 0.5) is 10.6 Å². The van der Waals surface area contributed by atoms with Crippen LogP contribution in [0.2, 0.25) is 0 Å². The zero-order chi connectivity index (χ0) is 13.8. The van der Waals surface area contributed by atoms with Gasteiger partial charge in [-0.25, -0.2) is 19.6 Å². The van der Waals surface area contributed by atoms with Crippen molar-refractivity contribution in [2.75, 3.05) is 18.4 Å². The zero-order valence-electron chi connectivity index (χ0n) is 10.7. The second-order valence-electron chi connectivity index (χ2n) is 4.68. The van der Waals surface area contributed by atoms with Crippen LogP contribution in [0.1, 0.15) is 30.3 Å². The van der Waals surface area contributed by atoms with Gasteiger partial charge in [0.15, 0.2) is 11.5 Å². The van der Waals surface area contributed by atoms with Crippen molar-refractivity contribution < 1.29 is 14.7 Å². The number of likely N-dealkylation sites (tertiary alicyclic amines) is 1. The first-order valence-electron chi connectivity index (χ1n) is 6.18. The smallest absolute Gasteiger partial charge is 0.358 e. The van der Waals surface area contributed by atoms with E-state index in [0.29, 0.717) is 19.0 Å². The van der Waals surface area contributed by atoms with Gasteiger partial charge in [0.2, 0.25) is 0 Å². The number of nitrogens with zero attached hydrogens (tertiary/aromatic N) is 3. The number of hydrogen-bond acceptors (Lipinski definition) is 4. The summed E-state index contributed by atoms with van der Waals surface area (Å²) in [5.41, 5.74) is -0.249. The SMILES string of the molecule is CC1CCCN(C(=O)Nc2nccnc2C(=O)O)C1. The van der Waals surface area contributed by atoms with Crippen LogP contribution >= 0.6 is 0 Å². The number of nitrogens with one attached hydrogen (secondary N) is 1. The number of urea groups is 1. The molecule has 0 aliphatic carbocycles. The second kappa shape index (κ2) is 5.64. The molecule has 1 unspecified atom stereocenters. The van der Waals surface area contributed by atoms with Gasteiger partial charge in [-0.05, 0) is 18.8 Å². The van der Waals surface area contributed by atoms with Gasteiger partial charge in [0.25, 0.3) is 0 Å². The lowest BCUT2D eigenvalue weighted by Crippen LogP contribution is -2.42. The molecular formula is C12H16N4O3. The molecule has 0 radical (unpaired) electrons. The molecule has 2 rings (SSSR count). The average molecular weight is 264 g/mol. The third-order valence-corrected chi connectivity index (χ3v) is 3.07. The van der Waals surface area contributed by atoms with Crippen LogP contribution in [0.3, 0.4) is 0 Å². The number of carbonyl (C=O) groups is 2. The van der Waals surface area contributed by atoms with E-state index in [1.54, 1.807) is 4.90 Å². The van der Waals surface area contributed by atoms with Crippen molar-refractivity contribution in [1.29, 1.82) is 0 Å². The fourth-order valence-electron chi connectivity index (χ4n) is 2.14. The van der Waals surface area contributed by atoms with Crippen molar-refractivity contribution in [3.05, 3.63) is 18.1 Å². The molecule has 7 heteroatoms. The van der Waals surface area contributed by atoms with Gasteiger partial charge in [-0.2, -0.15) is 0 Å². The van der Waals surface area contributed by atoms with Gasteiger partial charge in [0, 0.05) is 25.5 Å². The quantitative estimate of drug-likeness (QED) is 0.842. The highest BCUT2D eigenvalue weighted by Crippen LogP contribution is 2.17. The molecule has 0 bridgehead atoms. The molecule has 2 heterocycles. The standard InChI is InChI=1S/C12H16N4O3/c1-8-3-2-6-16(7-8)12(19)15-10-9(11(17)18)13-4-5-14-10/h4-5,8H,2-3,6-7H2,1H3,(H,17,18)(H,14,15,19). The number of anilines is 1. The first kappa shape index (κ1) is 13.3. The van der Waals surface area contributed by atoms with Crippen LogP contribution in [-0.4, -0.2) is 45.1 Å². The molecule has 19 heavy (non-hydrogen) atoms. The maximum Gasteiger partial charge on any atom is 0.358 e. The minimum atomic E-state index is -1.21. The number of aromatic nitrogens is 2. The third kappa shape index (κ3) is 3.18. The molecule has 1 aromatic rings. The Balaban J connectivity index is 2.08. The fraction of sp³-hybridized carbons (Fsp3) is 0.500. The molecular weight excluding hydrogens is 248 g/mol. The number of amides is 2. The molecule has 0 spiro atoms. The highest BCUT2D eigenvalue weighted by molar-refractivity contribution is 5.97. The predicted molar refractivity (Wildman–Crippen MR) is 68.0 cm³/mol. The molecule has 0 aromatic carbocycles. The molecule has 0 saturated carbocycles. The van der Waals surface area contributed by atoms with Gasteiger partial charge in [0.05, 0.1) is 0 Å². The highest BCUT2D eigenvalue weighted by atomic mass is 16.4. The average Bonchev–Trinajstić information content (AvgIpc) is 2.39. The Kier molecular flexibility index (Phi) is 3.94. The van der Waals surface area contributed by atoms with E-state index in [1.165, 1.54) is 12.4 Å². The van der Waals surface area contributed by atoms with Gasteiger partial charge in [-0.15, -0.1) is 0 Å². The van der Waals surface area contributed by atoms with E-state index in [1.807, 2.05) is 0 Å². The fourth-order valence-corrected chi connectivity index (χ4v) is 2.14. The molecule has 2 amide bonds. The van der Waals surface area contributed by atoms with E-state index in [9.17, 15) is 9.59 Å². The molecule has 1 fully saturated rings. The summed E-state index contributed by atoms with van der Waals surface area (Å²) >= 11 is 0. The van der Waals surface area contributed by atoms with Crippen LogP contribution in [0.5, 0.6) is 0 Å². The van der Waals surface area contributed by atoms with Gasteiger partial charge in [-0.3, -0.25) is 5.32 Å². The molecule has 102 valence electrons. The summed E-state index contributed by atoms with van der Waals surface area (Å²) in [6.45, 7) is 3.44. The minimum Gasteiger partial charge on any atom is -0.476 e. The topological polar surface area (TPSA) is 95.4 Å². The molecule has 1 aliphatic rings. The van der Waals surface area contributed by atoms with Gasteiger partial charge >= 0.3 is 12.0 Å². The van der Waals surface area contributed by atoms with E-state index < -0.39 is 5.97 Å². The van der Waals surface area contributed by atoms with Crippen LogP contribution in [0, 0.1) is 5.92 Å². The molecule has 1 aromatic heterocycles. The lowest BCUT2D eigenvalue weighted by Gasteiger charge is -2.30. The minimum absolute atomic E-state index is 0.0155. The zero-order valence-corrected chi connectivity index (χ0v) is 10.7. The Morgan fingerprint density at radius 3 is 2.84 bits per heavy atom. The van der Waals surface area contributed by atoms with Crippen molar-refractivity contribution in [1.82, 2.24) is 14.9 Å². The maximum atomic E-state index is 12.0. The Morgan fingerprint density at radius 1 is 1.42 bits per heavy atom. The lowest BCUT2D eigenvalue weighted by molar-refractivity contribution is 0.0691. The number of carboxylic acid groups (broad SMARTS) is 1. The summed E-state index contributed by atoms with van der Waals surface area (Å²) < 4.78 is 0. The number of carboxylic acids is 1. The number of piperidine rings is 1. The number of rotatable bonds is 2. The summed E-state index contributed by atoms with van der Waals surface area (Å²) in [7, 11) is 0. The molecule has 1 saturated heterocycles. The van der Waals surface area contributed by atoms with Crippen LogP contribution in [-0.2, 0) is 0 Å². The third-order valence-electron chi connectivity index (χ3n) is 3.07. The van der Waals surface area contributed by atoms with Gasteiger partial charge in [-0.1, -0.05) is 6.92 Å². The molecule has 2 N–H and O–H groups in total. The van der Waals surface area contributed by atoms with Gasteiger partial charge in [0.1, 0.15) is 0 Å². The summed E-state index contributed by atoms with van der Waals surface area (Å²) in [5, 5.41) is 11.5. The van der Waals surface area contributed by atoms with Crippen LogP contribution in [0.15, 0.2) is 12.4 Å². The van der Waals surface area contributed by atoms with E-state index in [0.717, 1.165) is 12.8 Å². The van der Waals surface area contributed by atoms with Crippen LogP contribution < -0.4 is 5.32 Å². The summed E-state index contributed by atoms with van der Waals surface area (Å²) in [5.74, 6) is -0.769. The highest BCUT2D eigenvalue weighted by Gasteiger charge is 2.23. The van der Waals surface area contributed by atoms with Crippen molar-refractivity contribution in [3.8, 4) is 0 Å². The Labute approximate surface area is 110 Å². The predicted octanol–water partition coefficient (Wildman–Crippen LogP) is 1.44. The first-order valence-corrected chi connectivity index (χ1v) is 6.18. The summed E-state index contributed by atoms with van der Waals surface area (Å²) in [6.07, 6.45) is 4.69. The Morgan fingerprint density at radius 2 is 2.16 bits per heavy atom. The summed E-state index contributed by atoms with van der Waals surface area (Å²) in [4.78, 5) is 32.2.